The highest BCUT2D eigenvalue weighted by Gasteiger charge is 2.14. The summed E-state index contributed by atoms with van der Waals surface area (Å²) in [5.74, 6) is 2.20. The molecule has 158 valence electrons. The Morgan fingerprint density at radius 3 is 2.03 bits per heavy atom. The minimum Gasteiger partial charge on any atom is -0.497 e. The molecule has 0 bridgehead atoms. The lowest BCUT2D eigenvalue weighted by atomic mass is 10.1. The van der Waals surface area contributed by atoms with Crippen LogP contribution in [0.15, 0.2) is 48.5 Å². The smallest absolute Gasteiger partial charge is 0.306 e. The highest BCUT2D eigenvalue weighted by Crippen LogP contribution is 2.38. The molecule has 0 aliphatic rings. The maximum atomic E-state index is 12.2. The van der Waals surface area contributed by atoms with E-state index < -0.39 is 0 Å². The van der Waals surface area contributed by atoms with Crippen LogP contribution in [0.5, 0.6) is 23.0 Å². The largest absolute Gasteiger partial charge is 0.497 e. The summed E-state index contributed by atoms with van der Waals surface area (Å²) in [7, 11) is 6.33. The number of hydrogen-bond acceptors (Lipinski definition) is 6. The zero-order valence-corrected chi connectivity index (χ0v) is 17.7. The van der Waals surface area contributed by atoms with Gasteiger partial charge in [0.25, 0.3) is 0 Å². The van der Waals surface area contributed by atoms with Crippen LogP contribution in [-0.2, 0) is 22.6 Å². The van der Waals surface area contributed by atoms with E-state index in [0.717, 1.165) is 27.6 Å². The summed E-state index contributed by atoms with van der Waals surface area (Å²) in [6.07, 6.45) is 0.760. The molecule has 30 heavy (non-hydrogen) atoms. The van der Waals surface area contributed by atoms with E-state index in [-0.39, 0.29) is 19.0 Å². The molecule has 0 atom stereocenters. The fraction of sp³-hybridized carbons (Fsp3) is 0.292. The molecule has 0 saturated heterocycles. The molecule has 6 heteroatoms. The highest BCUT2D eigenvalue weighted by atomic mass is 16.5. The summed E-state index contributed by atoms with van der Waals surface area (Å²) < 4.78 is 26.7. The summed E-state index contributed by atoms with van der Waals surface area (Å²) in [5.41, 5.74) is 1.84. The van der Waals surface area contributed by atoms with E-state index in [1.807, 2.05) is 48.5 Å². The van der Waals surface area contributed by atoms with Gasteiger partial charge in [-0.15, -0.1) is 0 Å². The number of benzene rings is 3. The van der Waals surface area contributed by atoms with Crippen molar-refractivity contribution in [3.8, 4) is 23.0 Å². The topological polar surface area (TPSA) is 63.2 Å². The van der Waals surface area contributed by atoms with Gasteiger partial charge in [0.15, 0.2) is 11.5 Å². The quantitative estimate of drug-likeness (QED) is 0.482. The van der Waals surface area contributed by atoms with Crippen molar-refractivity contribution in [1.82, 2.24) is 0 Å². The van der Waals surface area contributed by atoms with Crippen molar-refractivity contribution in [2.75, 3.05) is 28.4 Å². The Kier molecular flexibility index (Phi) is 7.01. The monoisotopic (exact) mass is 410 g/mol. The van der Waals surface area contributed by atoms with Crippen molar-refractivity contribution in [1.29, 1.82) is 0 Å². The molecular formula is C24H26O6. The lowest BCUT2D eigenvalue weighted by Crippen LogP contribution is -2.06. The summed E-state index contributed by atoms with van der Waals surface area (Å²) in [6.45, 7) is 0.232. The Morgan fingerprint density at radius 2 is 1.40 bits per heavy atom. The summed E-state index contributed by atoms with van der Waals surface area (Å²) in [5, 5.41) is 2.15. The standard InChI is InChI=1S/C24H26O6/c1-26-20-9-8-18-11-17(5-7-19(18)14-20)15-30-23(25)10-6-16-12-21(27-2)24(29-4)22(13-16)28-3/h5,7-9,11-14H,6,10,15H2,1-4H3. The fourth-order valence-electron chi connectivity index (χ4n) is 3.25. The molecular weight excluding hydrogens is 384 g/mol. The molecule has 3 aromatic carbocycles. The second-order valence-corrected chi connectivity index (χ2v) is 6.74. The molecule has 0 N–H and O–H groups in total. The van der Waals surface area contributed by atoms with Gasteiger partial charge in [0.05, 0.1) is 28.4 Å². The minimum absolute atomic E-state index is 0.232. The molecule has 0 aliphatic heterocycles. The molecule has 6 nitrogen and oxygen atoms in total. The molecule has 3 aromatic rings. The average molecular weight is 410 g/mol. The summed E-state index contributed by atoms with van der Waals surface area (Å²) in [4.78, 5) is 12.2. The van der Waals surface area contributed by atoms with E-state index in [9.17, 15) is 4.79 Å². The first-order valence-corrected chi connectivity index (χ1v) is 9.59. The third-order valence-corrected chi connectivity index (χ3v) is 4.85. The van der Waals surface area contributed by atoms with Gasteiger partial charge in [-0.1, -0.05) is 18.2 Å². The van der Waals surface area contributed by atoms with Crippen LogP contribution < -0.4 is 18.9 Å². The van der Waals surface area contributed by atoms with Crippen molar-refractivity contribution in [2.24, 2.45) is 0 Å². The minimum atomic E-state index is -0.265. The first-order chi connectivity index (χ1) is 14.6. The van der Waals surface area contributed by atoms with Crippen LogP contribution in [0, 0.1) is 0 Å². The lowest BCUT2D eigenvalue weighted by molar-refractivity contribution is -0.144. The third kappa shape index (κ3) is 4.95. The van der Waals surface area contributed by atoms with Crippen molar-refractivity contribution in [2.45, 2.75) is 19.4 Å². The molecule has 0 unspecified atom stereocenters. The van der Waals surface area contributed by atoms with Gasteiger partial charge in [0.2, 0.25) is 5.75 Å². The van der Waals surface area contributed by atoms with Crippen molar-refractivity contribution >= 4 is 16.7 Å². The van der Waals surface area contributed by atoms with Crippen LogP contribution in [0.2, 0.25) is 0 Å². The van der Waals surface area contributed by atoms with Gasteiger partial charge in [-0.25, -0.2) is 0 Å². The van der Waals surface area contributed by atoms with Gasteiger partial charge in [0.1, 0.15) is 12.4 Å². The molecule has 0 spiro atoms. The predicted octanol–water partition coefficient (Wildman–Crippen LogP) is 4.55. The van der Waals surface area contributed by atoms with Crippen LogP contribution >= 0.6 is 0 Å². The number of esters is 1. The van der Waals surface area contributed by atoms with Crippen LogP contribution in [0.25, 0.3) is 10.8 Å². The molecule has 0 fully saturated rings. The zero-order chi connectivity index (χ0) is 21.5. The Bertz CT molecular complexity index is 1000. The van der Waals surface area contributed by atoms with Gasteiger partial charge in [0, 0.05) is 6.42 Å². The number of hydrogen-bond donors (Lipinski definition) is 0. The first-order valence-electron chi connectivity index (χ1n) is 9.59. The Hall–Kier alpha value is -3.41. The summed E-state index contributed by atoms with van der Waals surface area (Å²) >= 11 is 0. The van der Waals surface area contributed by atoms with Gasteiger partial charge in [-0.3, -0.25) is 4.79 Å². The van der Waals surface area contributed by atoms with Crippen LogP contribution in [0.1, 0.15) is 17.5 Å². The molecule has 0 aromatic heterocycles. The molecule has 3 rings (SSSR count). The molecule has 0 heterocycles. The second-order valence-electron chi connectivity index (χ2n) is 6.74. The molecule has 0 radical (unpaired) electrons. The van der Waals surface area contributed by atoms with Gasteiger partial charge in [-0.05, 0) is 58.7 Å². The Morgan fingerprint density at radius 1 is 0.733 bits per heavy atom. The summed E-state index contributed by atoms with van der Waals surface area (Å²) in [6, 6.07) is 15.5. The van der Waals surface area contributed by atoms with Crippen molar-refractivity contribution < 1.29 is 28.5 Å². The highest BCUT2D eigenvalue weighted by molar-refractivity contribution is 5.84. The van der Waals surface area contributed by atoms with Crippen LogP contribution in [0.4, 0.5) is 0 Å². The molecule has 0 saturated carbocycles. The number of aryl methyl sites for hydroxylation is 1. The average Bonchev–Trinajstić information content (AvgIpc) is 2.79. The fourth-order valence-corrected chi connectivity index (χ4v) is 3.25. The number of carbonyl (C=O) groups is 1. The van der Waals surface area contributed by atoms with E-state index in [1.54, 1.807) is 28.4 Å². The van der Waals surface area contributed by atoms with Crippen molar-refractivity contribution in [3.63, 3.8) is 0 Å². The van der Waals surface area contributed by atoms with Crippen molar-refractivity contribution in [3.05, 3.63) is 59.7 Å². The maximum absolute atomic E-state index is 12.2. The third-order valence-electron chi connectivity index (χ3n) is 4.85. The Balaban J connectivity index is 1.59. The van der Waals surface area contributed by atoms with Crippen LogP contribution in [-0.4, -0.2) is 34.4 Å². The number of fused-ring (bicyclic) bond motifs is 1. The number of methoxy groups -OCH3 is 4. The maximum Gasteiger partial charge on any atom is 0.306 e. The van der Waals surface area contributed by atoms with E-state index in [0.29, 0.717) is 23.7 Å². The first kappa shape index (κ1) is 21.3. The number of rotatable bonds is 9. The SMILES string of the molecule is COc1ccc2cc(COC(=O)CCc3cc(OC)c(OC)c(OC)c3)ccc2c1. The van der Waals surface area contributed by atoms with E-state index in [1.165, 1.54) is 0 Å². The lowest BCUT2D eigenvalue weighted by Gasteiger charge is -2.14. The van der Waals surface area contributed by atoms with Gasteiger partial charge in [-0.2, -0.15) is 0 Å². The van der Waals surface area contributed by atoms with E-state index in [4.69, 9.17) is 23.7 Å². The normalized spacial score (nSPS) is 10.5. The zero-order valence-electron chi connectivity index (χ0n) is 17.7. The molecule has 0 aliphatic carbocycles. The van der Waals surface area contributed by atoms with E-state index in [2.05, 4.69) is 0 Å². The van der Waals surface area contributed by atoms with Gasteiger partial charge < -0.3 is 23.7 Å². The predicted molar refractivity (Wildman–Crippen MR) is 115 cm³/mol. The molecule has 0 amide bonds. The van der Waals surface area contributed by atoms with Gasteiger partial charge >= 0.3 is 5.97 Å². The number of ether oxygens (including phenoxy) is 5. The van der Waals surface area contributed by atoms with Crippen LogP contribution in [0.3, 0.4) is 0 Å². The Labute approximate surface area is 176 Å². The van der Waals surface area contributed by atoms with E-state index >= 15 is 0 Å². The second kappa shape index (κ2) is 9.87. The number of carbonyl (C=O) groups excluding carboxylic acids is 1.